The summed E-state index contributed by atoms with van der Waals surface area (Å²) < 4.78 is 37.8. The van der Waals surface area contributed by atoms with E-state index in [-0.39, 0.29) is 11.5 Å². The van der Waals surface area contributed by atoms with Gasteiger partial charge in [-0.2, -0.15) is 5.10 Å². The van der Waals surface area contributed by atoms with E-state index in [1.165, 1.54) is 18.2 Å². The smallest absolute Gasteiger partial charge is 0.328 e. The fourth-order valence-corrected chi connectivity index (χ4v) is 5.43. The van der Waals surface area contributed by atoms with Crippen molar-refractivity contribution in [2.75, 3.05) is 5.32 Å². The number of fused-ring (bicyclic) bond motifs is 2. The number of aromatic nitrogens is 8. The topological polar surface area (TPSA) is 92.4 Å². The molecule has 3 aromatic carbocycles. The number of hydrogen-bond acceptors (Lipinski definition) is 5. The van der Waals surface area contributed by atoms with E-state index in [0.717, 1.165) is 0 Å². The maximum absolute atomic E-state index is 15.7. The second kappa shape index (κ2) is 9.26. The molecule has 0 aliphatic rings. The van der Waals surface area contributed by atoms with Gasteiger partial charge in [0.15, 0.2) is 5.82 Å². The average molecular weight is 566 g/mol. The number of hydrogen-bond donors (Lipinski definition) is 1. The van der Waals surface area contributed by atoms with E-state index in [9.17, 15) is 9.18 Å². The summed E-state index contributed by atoms with van der Waals surface area (Å²) in [5, 5.41) is 7.53. The quantitative estimate of drug-likeness (QED) is 0.316. The van der Waals surface area contributed by atoms with Crippen LogP contribution in [0.4, 0.5) is 20.2 Å². The minimum Gasteiger partial charge on any atom is -0.354 e. The molecule has 0 radical (unpaired) electrons. The summed E-state index contributed by atoms with van der Waals surface area (Å²) >= 11 is 0. The number of rotatable bonds is 5. The van der Waals surface area contributed by atoms with Gasteiger partial charge in [0.05, 0.1) is 52.2 Å². The zero-order valence-corrected chi connectivity index (χ0v) is 23.2. The highest BCUT2D eigenvalue weighted by molar-refractivity contribution is 5.95. The van der Waals surface area contributed by atoms with E-state index in [1.54, 1.807) is 78.1 Å². The molecule has 0 unspecified atom stereocenters. The molecule has 0 saturated heterocycles. The van der Waals surface area contributed by atoms with Gasteiger partial charge in [-0.25, -0.2) is 23.5 Å². The lowest BCUT2D eigenvalue weighted by atomic mass is 10.1. The minimum absolute atomic E-state index is 0.209. The van der Waals surface area contributed by atoms with Crippen LogP contribution in [0.25, 0.3) is 50.4 Å². The molecule has 0 aliphatic heterocycles. The molecule has 1 N–H and O–H groups in total. The maximum Gasteiger partial charge on any atom is 0.328 e. The Bertz CT molecular complexity index is 2210. The summed E-state index contributed by atoms with van der Waals surface area (Å²) in [5.41, 5.74) is 5.83. The van der Waals surface area contributed by atoms with E-state index in [4.69, 9.17) is 4.98 Å². The molecule has 10 nitrogen and oxygen atoms in total. The summed E-state index contributed by atoms with van der Waals surface area (Å²) in [4.78, 5) is 22.3. The fraction of sp³-hybridized carbons (Fsp3) is 0.133. The third kappa shape index (κ3) is 3.91. The first-order chi connectivity index (χ1) is 20.2. The van der Waals surface area contributed by atoms with Crippen molar-refractivity contribution in [2.45, 2.75) is 0 Å². The molecule has 0 saturated carbocycles. The predicted molar refractivity (Wildman–Crippen MR) is 157 cm³/mol. The number of anilines is 2. The Balaban J connectivity index is 1.53. The van der Waals surface area contributed by atoms with E-state index in [0.29, 0.717) is 61.8 Å². The molecule has 0 amide bonds. The Kier molecular flexibility index (Phi) is 5.61. The molecular weight excluding hydrogens is 540 g/mol. The lowest BCUT2D eigenvalue weighted by molar-refractivity contribution is 0.628. The summed E-state index contributed by atoms with van der Waals surface area (Å²) in [6.45, 7) is 0. The van der Waals surface area contributed by atoms with Crippen molar-refractivity contribution < 1.29 is 8.78 Å². The Labute approximate surface area is 237 Å². The van der Waals surface area contributed by atoms with Gasteiger partial charge >= 0.3 is 5.69 Å². The third-order valence-corrected chi connectivity index (χ3v) is 7.53. The molecule has 4 heterocycles. The van der Waals surface area contributed by atoms with Crippen molar-refractivity contribution in [1.29, 1.82) is 0 Å². The van der Waals surface area contributed by atoms with E-state index < -0.39 is 5.82 Å². The molecule has 210 valence electrons. The fourth-order valence-electron chi connectivity index (χ4n) is 5.43. The van der Waals surface area contributed by atoms with Crippen LogP contribution >= 0.6 is 0 Å². The van der Waals surface area contributed by atoms with Crippen molar-refractivity contribution in [2.24, 2.45) is 28.2 Å². The van der Waals surface area contributed by atoms with Gasteiger partial charge in [0.1, 0.15) is 17.3 Å². The summed E-state index contributed by atoms with van der Waals surface area (Å²) in [6.07, 6.45) is 6.73. The van der Waals surface area contributed by atoms with E-state index in [1.807, 2.05) is 28.3 Å². The van der Waals surface area contributed by atoms with Gasteiger partial charge in [0, 0.05) is 57.3 Å². The van der Waals surface area contributed by atoms with E-state index in [2.05, 4.69) is 15.4 Å². The van der Waals surface area contributed by atoms with Crippen molar-refractivity contribution in [3.8, 4) is 28.3 Å². The molecule has 4 aromatic heterocycles. The highest BCUT2D eigenvalue weighted by Gasteiger charge is 2.22. The van der Waals surface area contributed by atoms with Crippen LogP contribution in [0.3, 0.4) is 0 Å². The second-order valence-corrected chi connectivity index (χ2v) is 10.3. The molecule has 7 rings (SSSR count). The molecule has 0 spiro atoms. The Morgan fingerprint density at radius 1 is 0.881 bits per heavy atom. The number of nitrogens with one attached hydrogen (secondary N) is 1. The van der Waals surface area contributed by atoms with Gasteiger partial charge < -0.3 is 9.88 Å². The summed E-state index contributed by atoms with van der Waals surface area (Å²) in [5.74, 6) is -0.239. The third-order valence-electron chi connectivity index (χ3n) is 7.53. The lowest BCUT2D eigenvalue weighted by Gasteiger charge is -2.15. The first kappa shape index (κ1) is 25.4. The van der Waals surface area contributed by atoms with Crippen LogP contribution in [-0.4, -0.2) is 38.0 Å². The number of aryl methyl sites for hydroxylation is 4. The molecule has 42 heavy (non-hydrogen) atoms. The molecule has 12 heteroatoms. The predicted octanol–water partition coefficient (Wildman–Crippen LogP) is 5.04. The molecule has 0 fully saturated rings. The minimum atomic E-state index is -0.425. The largest absolute Gasteiger partial charge is 0.354 e. The van der Waals surface area contributed by atoms with Gasteiger partial charge in [-0.15, -0.1) is 0 Å². The highest BCUT2D eigenvalue weighted by Crippen LogP contribution is 2.36. The summed E-state index contributed by atoms with van der Waals surface area (Å²) in [7, 11) is 7.03. The SMILES string of the molecule is Cn1cc(-c2cc3nc(-c4cncn4C)n(-c4cc(Nc5ccc(F)cc5)c5c(c4)n(C)c(=O)n5C)c3cc2F)cn1. The van der Waals surface area contributed by atoms with Crippen LogP contribution in [0.15, 0.2) is 78.2 Å². The van der Waals surface area contributed by atoms with Crippen LogP contribution in [0.5, 0.6) is 0 Å². The maximum atomic E-state index is 15.7. The van der Waals surface area contributed by atoms with Gasteiger partial charge in [-0.05, 0) is 42.5 Å². The van der Waals surface area contributed by atoms with Crippen molar-refractivity contribution >= 4 is 33.4 Å². The van der Waals surface area contributed by atoms with Crippen molar-refractivity contribution in [3.05, 3.63) is 95.6 Å². The van der Waals surface area contributed by atoms with Gasteiger partial charge in [0.2, 0.25) is 0 Å². The van der Waals surface area contributed by atoms with Crippen molar-refractivity contribution in [1.82, 2.24) is 38.0 Å². The standard InChI is InChI=1S/C30H25F2N9O/c1-37-16-33-14-27(37)29-36-23-11-21(17-13-34-38(2)15-17)22(32)12-25(23)41(29)20-9-24(35-19-7-5-18(31)6-8-19)28-26(10-20)39(3)30(42)40(28)4/h5-16,35H,1-4H3. The Hall–Kier alpha value is -5.52. The lowest BCUT2D eigenvalue weighted by Crippen LogP contribution is -2.19. The zero-order valence-electron chi connectivity index (χ0n) is 23.2. The van der Waals surface area contributed by atoms with Crippen molar-refractivity contribution in [3.63, 3.8) is 0 Å². The number of nitrogens with zero attached hydrogens (tertiary/aromatic N) is 8. The molecule has 7 aromatic rings. The number of imidazole rings is 3. The van der Waals surface area contributed by atoms with Gasteiger partial charge in [-0.3, -0.25) is 18.4 Å². The molecule has 0 atom stereocenters. The average Bonchev–Trinajstić information content (AvgIpc) is 3.73. The zero-order chi connectivity index (χ0) is 29.3. The monoisotopic (exact) mass is 565 g/mol. The molecule has 0 aliphatic carbocycles. The normalized spacial score (nSPS) is 11.7. The highest BCUT2D eigenvalue weighted by atomic mass is 19.1. The van der Waals surface area contributed by atoms with Crippen LogP contribution in [0.1, 0.15) is 0 Å². The summed E-state index contributed by atoms with van der Waals surface area (Å²) in [6, 6.07) is 12.9. The van der Waals surface area contributed by atoms with Gasteiger partial charge in [0.25, 0.3) is 0 Å². The molecule has 0 bridgehead atoms. The number of benzene rings is 3. The second-order valence-electron chi connectivity index (χ2n) is 10.3. The van der Waals surface area contributed by atoms with Crippen LogP contribution in [0.2, 0.25) is 0 Å². The Morgan fingerprint density at radius 3 is 2.36 bits per heavy atom. The van der Waals surface area contributed by atoms with E-state index >= 15 is 4.39 Å². The van der Waals surface area contributed by atoms with Crippen LogP contribution in [0, 0.1) is 11.6 Å². The first-order valence-electron chi connectivity index (χ1n) is 13.1. The number of halogens is 2. The Morgan fingerprint density at radius 2 is 1.67 bits per heavy atom. The first-order valence-corrected chi connectivity index (χ1v) is 13.1. The van der Waals surface area contributed by atoms with Crippen LogP contribution in [-0.2, 0) is 28.2 Å². The molecular formula is C30H25F2N9O. The van der Waals surface area contributed by atoms with Crippen LogP contribution < -0.4 is 11.0 Å². The van der Waals surface area contributed by atoms with Gasteiger partial charge in [-0.1, -0.05) is 0 Å².